The number of aromatic nitrogens is 2. The molecule has 1 aliphatic rings. The molecule has 1 aliphatic heterocycles. The average Bonchev–Trinajstić information content (AvgIpc) is 3.22. The van der Waals surface area contributed by atoms with Gasteiger partial charge in [0.05, 0.1) is 30.8 Å². The van der Waals surface area contributed by atoms with Gasteiger partial charge in [0.25, 0.3) is 5.91 Å². The Hall–Kier alpha value is -3.23. The topological polar surface area (TPSA) is 131 Å². The number of hydrogen-bond donors (Lipinski definition) is 3. The summed E-state index contributed by atoms with van der Waals surface area (Å²) < 4.78 is 29.4. The molecule has 1 fully saturated rings. The van der Waals surface area contributed by atoms with Gasteiger partial charge in [-0.3, -0.25) is 14.7 Å². The molecule has 3 aromatic rings. The fourth-order valence-electron chi connectivity index (χ4n) is 3.93. The van der Waals surface area contributed by atoms with E-state index in [9.17, 15) is 18.3 Å². The highest BCUT2D eigenvalue weighted by molar-refractivity contribution is 7.92. The van der Waals surface area contributed by atoms with Crippen LogP contribution in [0, 0.1) is 11.8 Å². The molecule has 184 valence electrons. The van der Waals surface area contributed by atoms with Gasteiger partial charge in [0, 0.05) is 35.5 Å². The largest absolute Gasteiger partial charge is 0.395 e. The molecule has 2 aromatic carbocycles. The van der Waals surface area contributed by atoms with Crippen LogP contribution in [0.1, 0.15) is 30.0 Å². The Morgan fingerprint density at radius 2 is 1.86 bits per heavy atom. The number of aliphatic hydroxyl groups is 1. The number of benzene rings is 2. The summed E-state index contributed by atoms with van der Waals surface area (Å²) in [6.45, 7) is 2.53. The summed E-state index contributed by atoms with van der Waals surface area (Å²) in [4.78, 5) is 12.0. The van der Waals surface area contributed by atoms with Gasteiger partial charge in [-0.05, 0) is 49.2 Å². The first-order valence-corrected chi connectivity index (χ1v) is 12.9. The minimum Gasteiger partial charge on any atom is -0.395 e. The fraction of sp³-hybridized carbons (Fsp3) is 0.360. The first-order chi connectivity index (χ1) is 16.6. The molecule has 1 unspecified atom stereocenters. The molecule has 1 saturated heterocycles. The highest BCUT2D eigenvalue weighted by Crippen LogP contribution is 2.31. The van der Waals surface area contributed by atoms with Crippen molar-refractivity contribution in [3.8, 4) is 11.8 Å². The maximum Gasteiger partial charge on any atom is 0.264 e. The van der Waals surface area contributed by atoms with Crippen LogP contribution in [0.4, 0.5) is 0 Å². The Bertz CT molecular complexity index is 1410. The normalized spacial score (nSPS) is 16.6. The first kappa shape index (κ1) is 24.9. The Balaban J connectivity index is 1.49. The Morgan fingerprint density at radius 1 is 1.20 bits per heavy atom. The smallest absolute Gasteiger partial charge is 0.264 e. The number of hydroxylamine groups is 1. The Kier molecular flexibility index (Phi) is 6.71. The summed E-state index contributed by atoms with van der Waals surface area (Å²) in [5, 5.41) is 23.9. The zero-order chi connectivity index (χ0) is 25.3. The number of nitrogens with one attached hydrogen (secondary N) is 1. The molecule has 0 bridgehead atoms. The van der Waals surface area contributed by atoms with Crippen molar-refractivity contribution in [3.05, 3.63) is 65.4 Å². The molecule has 0 spiro atoms. The van der Waals surface area contributed by atoms with Crippen LogP contribution in [-0.4, -0.2) is 65.2 Å². The molecule has 9 nitrogen and oxygen atoms in total. The van der Waals surface area contributed by atoms with E-state index in [0.29, 0.717) is 18.7 Å². The van der Waals surface area contributed by atoms with Crippen molar-refractivity contribution >= 4 is 26.6 Å². The number of aryl methyl sites for hydroxylation is 1. The Morgan fingerprint density at radius 3 is 2.43 bits per heavy atom. The summed E-state index contributed by atoms with van der Waals surface area (Å²) in [6, 6.07) is 13.4. The highest BCUT2D eigenvalue weighted by atomic mass is 32.2. The summed E-state index contributed by atoms with van der Waals surface area (Å²) in [5.74, 6) is 5.30. The summed E-state index contributed by atoms with van der Waals surface area (Å²) in [7, 11) is -3.78. The molecule has 2 heterocycles. The number of aliphatic hydroxyl groups excluding tert-OH is 1. The third-order valence-corrected chi connectivity index (χ3v) is 8.70. The summed E-state index contributed by atoms with van der Waals surface area (Å²) in [5.41, 5.74) is 4.53. The molecule has 3 N–H and O–H groups in total. The highest BCUT2D eigenvalue weighted by Gasteiger charge is 2.43. The lowest BCUT2D eigenvalue weighted by molar-refractivity contribution is -0.131. The third-order valence-electron chi connectivity index (χ3n) is 6.68. The average molecular weight is 498 g/mol. The van der Waals surface area contributed by atoms with Crippen LogP contribution in [0.5, 0.6) is 0 Å². The van der Waals surface area contributed by atoms with Crippen LogP contribution in [0.2, 0.25) is 0 Å². The van der Waals surface area contributed by atoms with Gasteiger partial charge in [0.1, 0.15) is 0 Å². The molecule has 35 heavy (non-hydrogen) atoms. The van der Waals surface area contributed by atoms with Crippen LogP contribution in [0.25, 0.3) is 10.9 Å². The lowest BCUT2D eigenvalue weighted by Crippen LogP contribution is -2.49. The Labute approximate surface area is 203 Å². The number of amides is 1. The van der Waals surface area contributed by atoms with Crippen molar-refractivity contribution in [1.29, 1.82) is 0 Å². The summed E-state index contributed by atoms with van der Waals surface area (Å²) >= 11 is 0. The molecule has 0 saturated carbocycles. The van der Waals surface area contributed by atoms with Crippen LogP contribution in [0.15, 0.2) is 48.7 Å². The van der Waals surface area contributed by atoms with E-state index in [0.717, 1.165) is 28.3 Å². The van der Waals surface area contributed by atoms with Crippen molar-refractivity contribution in [2.24, 2.45) is 0 Å². The number of ether oxygens (including phenoxy) is 1. The molecule has 4 rings (SSSR count). The number of rotatable bonds is 7. The van der Waals surface area contributed by atoms with E-state index in [1.807, 2.05) is 42.5 Å². The SMILES string of the molecule is CC(CCn1cc2cc(C#Cc3ccc(C4(CO)COC4)cc3)ccc2n1)(C(=O)NO)S(C)(=O)=O. The maximum atomic E-state index is 12.1. The van der Waals surface area contributed by atoms with Gasteiger partial charge in [-0.1, -0.05) is 24.0 Å². The van der Waals surface area contributed by atoms with Gasteiger partial charge < -0.3 is 9.84 Å². The van der Waals surface area contributed by atoms with E-state index in [2.05, 4.69) is 16.9 Å². The standard InChI is InChI=1S/C25H27N3O6S/c1-24(23(30)27-31,35(2,32)33)11-12-28-14-20-13-19(7-10-22(20)26-28)4-3-18-5-8-21(9-6-18)25(15-29)16-34-17-25/h5-10,13-14,29,31H,11-12,15-17H2,1-2H3,(H,27,30). The number of hydrogen-bond acceptors (Lipinski definition) is 7. The fourth-order valence-corrected chi connectivity index (χ4v) is 4.78. The zero-order valence-electron chi connectivity index (χ0n) is 19.5. The second kappa shape index (κ2) is 9.43. The number of carbonyl (C=O) groups is 1. The van der Waals surface area contributed by atoms with Crippen LogP contribution >= 0.6 is 0 Å². The van der Waals surface area contributed by atoms with Crippen molar-refractivity contribution < 1.29 is 28.3 Å². The van der Waals surface area contributed by atoms with Gasteiger partial charge in [-0.25, -0.2) is 13.9 Å². The number of sulfone groups is 1. The molecule has 1 amide bonds. The summed E-state index contributed by atoms with van der Waals surface area (Å²) in [6.07, 6.45) is 2.68. The number of nitrogens with zero attached hydrogens (tertiary/aromatic N) is 2. The van der Waals surface area contributed by atoms with Crippen LogP contribution in [-0.2, 0) is 31.3 Å². The minimum absolute atomic E-state index is 0.0495. The monoisotopic (exact) mass is 497 g/mol. The quantitative estimate of drug-likeness (QED) is 0.255. The van der Waals surface area contributed by atoms with E-state index < -0.39 is 20.5 Å². The minimum atomic E-state index is -3.78. The molecule has 0 radical (unpaired) electrons. The van der Waals surface area contributed by atoms with E-state index in [1.54, 1.807) is 10.9 Å². The second-order valence-corrected chi connectivity index (χ2v) is 11.6. The van der Waals surface area contributed by atoms with E-state index >= 15 is 0 Å². The van der Waals surface area contributed by atoms with Gasteiger partial charge >= 0.3 is 0 Å². The van der Waals surface area contributed by atoms with E-state index in [4.69, 9.17) is 9.94 Å². The van der Waals surface area contributed by atoms with E-state index in [1.165, 1.54) is 12.4 Å². The van der Waals surface area contributed by atoms with Gasteiger partial charge in [-0.15, -0.1) is 0 Å². The van der Waals surface area contributed by atoms with Crippen LogP contribution < -0.4 is 5.48 Å². The number of fused-ring (bicyclic) bond motifs is 1. The molecular formula is C25H27N3O6S. The molecular weight excluding hydrogens is 470 g/mol. The van der Waals surface area contributed by atoms with Crippen molar-refractivity contribution in [2.75, 3.05) is 26.1 Å². The van der Waals surface area contributed by atoms with Crippen molar-refractivity contribution in [2.45, 2.75) is 30.1 Å². The number of carbonyl (C=O) groups excluding carboxylic acids is 1. The lowest BCUT2D eigenvalue weighted by atomic mass is 9.79. The molecule has 1 atom stereocenters. The van der Waals surface area contributed by atoms with Gasteiger partial charge in [-0.2, -0.15) is 5.10 Å². The maximum absolute atomic E-state index is 12.1. The van der Waals surface area contributed by atoms with Gasteiger partial charge in [0.15, 0.2) is 14.6 Å². The predicted octanol–water partition coefficient (Wildman–Crippen LogP) is 1.40. The van der Waals surface area contributed by atoms with E-state index in [-0.39, 0.29) is 25.0 Å². The first-order valence-electron chi connectivity index (χ1n) is 11.0. The second-order valence-electron chi connectivity index (χ2n) is 9.12. The predicted molar refractivity (Wildman–Crippen MR) is 130 cm³/mol. The molecule has 1 aromatic heterocycles. The lowest BCUT2D eigenvalue weighted by Gasteiger charge is -2.40. The third kappa shape index (κ3) is 4.81. The van der Waals surface area contributed by atoms with Crippen molar-refractivity contribution in [1.82, 2.24) is 15.3 Å². The molecule has 0 aliphatic carbocycles. The van der Waals surface area contributed by atoms with Gasteiger partial charge in [0.2, 0.25) is 0 Å². The van der Waals surface area contributed by atoms with Crippen molar-refractivity contribution in [3.63, 3.8) is 0 Å². The molecule has 10 heteroatoms. The zero-order valence-corrected chi connectivity index (χ0v) is 20.3. The van der Waals surface area contributed by atoms with Crippen LogP contribution in [0.3, 0.4) is 0 Å².